The van der Waals surface area contributed by atoms with E-state index in [0.29, 0.717) is 11.8 Å². The van der Waals surface area contributed by atoms with E-state index in [2.05, 4.69) is 31.1 Å². The first kappa shape index (κ1) is 13.5. The first-order chi connectivity index (χ1) is 8.59. The van der Waals surface area contributed by atoms with E-state index in [4.69, 9.17) is 0 Å². The molecule has 2 atom stereocenters. The average Bonchev–Trinajstić information content (AvgIpc) is 2.78. The van der Waals surface area contributed by atoms with Crippen LogP contribution >= 0.6 is 0 Å². The van der Waals surface area contributed by atoms with Crippen molar-refractivity contribution < 1.29 is 5.11 Å². The molecule has 1 heterocycles. The molecule has 0 bridgehead atoms. The number of aliphatic hydroxyl groups is 1. The second kappa shape index (κ2) is 5.39. The van der Waals surface area contributed by atoms with E-state index >= 15 is 0 Å². The minimum Gasteiger partial charge on any atom is -0.383 e. The van der Waals surface area contributed by atoms with Crippen LogP contribution < -0.4 is 0 Å². The molecule has 4 heteroatoms. The van der Waals surface area contributed by atoms with E-state index in [-0.39, 0.29) is 0 Å². The van der Waals surface area contributed by atoms with Gasteiger partial charge < -0.3 is 5.11 Å². The highest BCUT2D eigenvalue weighted by Crippen LogP contribution is 2.44. The summed E-state index contributed by atoms with van der Waals surface area (Å²) >= 11 is 0. The van der Waals surface area contributed by atoms with Gasteiger partial charge in [0.05, 0.1) is 11.9 Å². The summed E-state index contributed by atoms with van der Waals surface area (Å²) in [6.07, 6.45) is 7.03. The lowest BCUT2D eigenvalue weighted by Gasteiger charge is -2.42. The maximum absolute atomic E-state index is 11.2. The van der Waals surface area contributed by atoms with Crippen LogP contribution in [0.15, 0.2) is 6.20 Å². The molecule has 1 aliphatic carbocycles. The molecule has 0 aliphatic heterocycles. The molecular weight excluding hydrogens is 226 g/mol. The van der Waals surface area contributed by atoms with Crippen LogP contribution in [0.4, 0.5) is 0 Å². The quantitative estimate of drug-likeness (QED) is 0.895. The van der Waals surface area contributed by atoms with Crippen molar-refractivity contribution in [3.63, 3.8) is 0 Å². The Labute approximate surface area is 109 Å². The van der Waals surface area contributed by atoms with E-state index in [1.54, 1.807) is 6.20 Å². The van der Waals surface area contributed by atoms with Crippen LogP contribution in [0.3, 0.4) is 0 Å². The van der Waals surface area contributed by atoms with E-state index in [1.165, 1.54) is 6.42 Å². The molecular formula is C14H25N3O. The molecule has 102 valence electrons. The summed E-state index contributed by atoms with van der Waals surface area (Å²) in [5.41, 5.74) is 0.188. The topological polar surface area (TPSA) is 50.9 Å². The molecule has 18 heavy (non-hydrogen) atoms. The van der Waals surface area contributed by atoms with Crippen molar-refractivity contribution in [2.45, 2.75) is 65.0 Å². The molecule has 2 unspecified atom stereocenters. The first-order valence-electron chi connectivity index (χ1n) is 7.21. The molecule has 1 aromatic heterocycles. The van der Waals surface area contributed by atoms with Gasteiger partial charge in [-0.05, 0) is 31.1 Å². The summed E-state index contributed by atoms with van der Waals surface area (Å²) in [6, 6.07) is 0. The highest BCUT2D eigenvalue weighted by Gasteiger charge is 2.44. The van der Waals surface area contributed by atoms with Crippen molar-refractivity contribution in [1.82, 2.24) is 15.0 Å². The SMILES string of the molecule is CCCn1nncc1C1(O)CCCCC1C(C)C. The molecule has 1 N–H and O–H groups in total. The molecule has 2 rings (SSSR count). The average molecular weight is 251 g/mol. The fourth-order valence-corrected chi connectivity index (χ4v) is 3.36. The summed E-state index contributed by atoms with van der Waals surface area (Å²) < 4.78 is 1.89. The Kier molecular flexibility index (Phi) is 4.05. The highest BCUT2D eigenvalue weighted by atomic mass is 16.3. The van der Waals surface area contributed by atoms with Gasteiger partial charge in [-0.2, -0.15) is 0 Å². The standard InChI is InChI=1S/C14H25N3O/c1-4-9-17-13(10-15-16-17)14(18)8-6-5-7-12(14)11(2)3/h10-12,18H,4-9H2,1-3H3. The summed E-state index contributed by atoms with van der Waals surface area (Å²) in [5, 5.41) is 19.3. The van der Waals surface area contributed by atoms with Gasteiger partial charge in [0.1, 0.15) is 5.60 Å². The van der Waals surface area contributed by atoms with Gasteiger partial charge in [-0.15, -0.1) is 5.10 Å². The highest BCUT2D eigenvalue weighted by molar-refractivity contribution is 5.12. The van der Waals surface area contributed by atoms with Crippen LogP contribution in [0.2, 0.25) is 0 Å². The van der Waals surface area contributed by atoms with Gasteiger partial charge in [-0.25, -0.2) is 4.68 Å². The van der Waals surface area contributed by atoms with Gasteiger partial charge in [-0.1, -0.05) is 38.8 Å². The Morgan fingerprint density at radius 3 is 2.94 bits per heavy atom. The van der Waals surface area contributed by atoms with Gasteiger partial charge in [0.25, 0.3) is 0 Å². The minimum absolute atomic E-state index is 0.320. The van der Waals surface area contributed by atoms with E-state index in [1.807, 2.05) is 4.68 Å². The summed E-state index contributed by atoms with van der Waals surface area (Å²) in [5.74, 6) is 0.806. The van der Waals surface area contributed by atoms with Gasteiger partial charge >= 0.3 is 0 Å². The third kappa shape index (κ3) is 2.30. The zero-order valence-corrected chi connectivity index (χ0v) is 11.8. The number of rotatable bonds is 4. The molecule has 4 nitrogen and oxygen atoms in total. The van der Waals surface area contributed by atoms with Crippen molar-refractivity contribution in [1.29, 1.82) is 0 Å². The van der Waals surface area contributed by atoms with Gasteiger partial charge in [0.2, 0.25) is 0 Å². The summed E-state index contributed by atoms with van der Waals surface area (Å²) in [7, 11) is 0. The largest absolute Gasteiger partial charge is 0.383 e. The predicted molar refractivity (Wildman–Crippen MR) is 71.0 cm³/mol. The van der Waals surface area contributed by atoms with Crippen LogP contribution in [0, 0.1) is 11.8 Å². The molecule has 1 fully saturated rings. The normalized spacial score (nSPS) is 28.8. The van der Waals surface area contributed by atoms with Crippen LogP contribution in [0.25, 0.3) is 0 Å². The smallest absolute Gasteiger partial charge is 0.111 e. The number of nitrogens with zero attached hydrogens (tertiary/aromatic N) is 3. The Morgan fingerprint density at radius 2 is 2.28 bits per heavy atom. The predicted octanol–water partition coefficient (Wildman–Crippen LogP) is 2.72. The Bertz CT molecular complexity index is 388. The van der Waals surface area contributed by atoms with Crippen molar-refractivity contribution in [2.24, 2.45) is 11.8 Å². The molecule has 0 amide bonds. The minimum atomic E-state index is -0.731. The zero-order chi connectivity index (χ0) is 13.2. The van der Waals surface area contributed by atoms with Crippen molar-refractivity contribution in [2.75, 3.05) is 0 Å². The first-order valence-corrected chi connectivity index (χ1v) is 7.21. The maximum atomic E-state index is 11.2. The van der Waals surface area contributed by atoms with E-state index in [9.17, 15) is 5.11 Å². The van der Waals surface area contributed by atoms with Crippen LogP contribution in [-0.2, 0) is 12.1 Å². The van der Waals surface area contributed by atoms with Crippen LogP contribution in [0.5, 0.6) is 0 Å². The molecule has 1 saturated carbocycles. The summed E-state index contributed by atoms with van der Waals surface area (Å²) in [6.45, 7) is 7.36. The van der Waals surface area contributed by atoms with Gasteiger partial charge in [0, 0.05) is 6.54 Å². The molecule has 0 saturated heterocycles. The van der Waals surface area contributed by atoms with Crippen LogP contribution in [-0.4, -0.2) is 20.1 Å². The molecule has 1 aliphatic rings. The Hall–Kier alpha value is -0.900. The van der Waals surface area contributed by atoms with E-state index in [0.717, 1.165) is 37.9 Å². The second-order valence-electron chi connectivity index (χ2n) is 5.86. The monoisotopic (exact) mass is 251 g/mol. The fraction of sp³-hybridized carbons (Fsp3) is 0.857. The second-order valence-corrected chi connectivity index (χ2v) is 5.86. The maximum Gasteiger partial charge on any atom is 0.111 e. The van der Waals surface area contributed by atoms with Crippen molar-refractivity contribution >= 4 is 0 Å². The van der Waals surface area contributed by atoms with Crippen molar-refractivity contribution in [3.8, 4) is 0 Å². The number of hydrogen-bond acceptors (Lipinski definition) is 3. The number of aromatic nitrogens is 3. The fourth-order valence-electron chi connectivity index (χ4n) is 3.36. The Balaban J connectivity index is 2.34. The van der Waals surface area contributed by atoms with Gasteiger partial charge in [-0.3, -0.25) is 0 Å². The van der Waals surface area contributed by atoms with E-state index < -0.39 is 5.60 Å². The van der Waals surface area contributed by atoms with Crippen molar-refractivity contribution in [3.05, 3.63) is 11.9 Å². The summed E-state index contributed by atoms with van der Waals surface area (Å²) in [4.78, 5) is 0. The molecule has 0 spiro atoms. The number of aryl methyl sites for hydroxylation is 1. The third-order valence-corrected chi connectivity index (χ3v) is 4.24. The lowest BCUT2D eigenvalue weighted by molar-refractivity contribution is -0.0785. The lowest BCUT2D eigenvalue weighted by Crippen LogP contribution is -2.42. The number of hydrogen-bond donors (Lipinski definition) is 1. The Morgan fingerprint density at radius 1 is 1.50 bits per heavy atom. The van der Waals surface area contributed by atoms with Gasteiger partial charge in [0.15, 0.2) is 0 Å². The molecule has 0 aromatic carbocycles. The third-order valence-electron chi connectivity index (χ3n) is 4.24. The zero-order valence-electron chi connectivity index (χ0n) is 11.8. The lowest BCUT2D eigenvalue weighted by atomic mass is 9.69. The molecule has 0 radical (unpaired) electrons. The molecule has 1 aromatic rings. The van der Waals surface area contributed by atoms with Crippen LogP contribution in [0.1, 0.15) is 58.6 Å².